The van der Waals surface area contributed by atoms with Crippen LogP contribution in [0.25, 0.3) is 0 Å². The Balaban J connectivity index is 1.22. The minimum Gasteiger partial charge on any atom is -0.382 e. The second kappa shape index (κ2) is 12.2. The lowest BCUT2D eigenvalue weighted by molar-refractivity contribution is -0.388. The number of halogens is 4. The molecule has 1 aliphatic heterocycles. The SMILES string of the molecule is O=C(COC1CCC(Nc2ccc([N+](=O)[O-])c(C(F)(F)F)c2)CC1)N1CCCN(c2ccc(Cl)cc2)CC1. The minimum atomic E-state index is -4.82. The number of nitro groups is 1. The summed E-state index contributed by atoms with van der Waals surface area (Å²) in [7, 11) is 0. The molecule has 206 valence electrons. The van der Waals surface area contributed by atoms with Gasteiger partial charge in [0.05, 0.1) is 11.0 Å². The predicted molar refractivity (Wildman–Crippen MR) is 139 cm³/mol. The smallest absolute Gasteiger partial charge is 0.382 e. The standard InChI is InChI=1S/C26H30ClF3N4O4/c27-18-2-7-21(8-3-18)32-12-1-13-33(15-14-32)25(35)17-38-22-9-4-19(5-10-22)31-20-6-11-24(34(36)37)23(16-20)26(28,29)30/h2-3,6-8,11,16,19,22,31H,1,4-5,9-10,12-15,17H2. The number of nitrogens with zero attached hydrogens (tertiary/aromatic N) is 3. The van der Waals surface area contributed by atoms with E-state index in [4.69, 9.17) is 16.3 Å². The lowest BCUT2D eigenvalue weighted by Crippen LogP contribution is -2.39. The van der Waals surface area contributed by atoms with Crippen molar-refractivity contribution < 1.29 is 27.6 Å². The van der Waals surface area contributed by atoms with E-state index >= 15 is 0 Å². The Labute approximate surface area is 223 Å². The Hall–Kier alpha value is -3.05. The van der Waals surface area contributed by atoms with E-state index in [1.165, 1.54) is 6.07 Å². The number of hydrogen-bond acceptors (Lipinski definition) is 6. The summed E-state index contributed by atoms with van der Waals surface area (Å²) < 4.78 is 45.6. The second-order valence-electron chi connectivity index (χ2n) is 9.61. The highest BCUT2D eigenvalue weighted by atomic mass is 35.5. The molecule has 0 aromatic heterocycles. The molecule has 1 N–H and O–H groups in total. The van der Waals surface area contributed by atoms with Crippen molar-refractivity contribution in [3.05, 3.63) is 63.2 Å². The quantitative estimate of drug-likeness (QED) is 0.346. The van der Waals surface area contributed by atoms with E-state index in [9.17, 15) is 28.1 Å². The van der Waals surface area contributed by atoms with E-state index in [0.29, 0.717) is 43.8 Å². The van der Waals surface area contributed by atoms with Crippen LogP contribution in [0.1, 0.15) is 37.7 Å². The van der Waals surface area contributed by atoms with Crippen LogP contribution in [-0.4, -0.2) is 60.7 Å². The average molecular weight is 555 g/mol. The molecule has 12 heteroatoms. The summed E-state index contributed by atoms with van der Waals surface area (Å²) in [4.78, 5) is 26.8. The average Bonchev–Trinajstić information content (AvgIpc) is 3.14. The zero-order valence-electron chi connectivity index (χ0n) is 20.8. The van der Waals surface area contributed by atoms with Crippen LogP contribution in [0.3, 0.4) is 0 Å². The number of alkyl halides is 3. The Kier molecular flexibility index (Phi) is 8.99. The molecule has 2 aliphatic rings. The number of amides is 1. The third kappa shape index (κ3) is 7.28. The third-order valence-electron chi connectivity index (χ3n) is 7.03. The molecule has 2 aromatic carbocycles. The van der Waals surface area contributed by atoms with Crippen molar-refractivity contribution >= 4 is 34.6 Å². The first kappa shape index (κ1) is 28.0. The minimum absolute atomic E-state index is 0.000994. The highest BCUT2D eigenvalue weighted by molar-refractivity contribution is 6.30. The Bertz CT molecular complexity index is 1120. The number of ether oxygens (including phenoxy) is 1. The fourth-order valence-electron chi connectivity index (χ4n) is 4.98. The van der Waals surface area contributed by atoms with Gasteiger partial charge in [-0.2, -0.15) is 13.2 Å². The number of nitrogens with one attached hydrogen (secondary N) is 1. The van der Waals surface area contributed by atoms with Gasteiger partial charge in [-0.1, -0.05) is 11.6 Å². The fourth-order valence-corrected chi connectivity index (χ4v) is 5.11. The molecule has 0 bridgehead atoms. The van der Waals surface area contributed by atoms with E-state index in [1.54, 1.807) is 0 Å². The predicted octanol–water partition coefficient (Wildman–Crippen LogP) is 5.75. The molecule has 0 radical (unpaired) electrons. The fraction of sp³-hybridized carbons (Fsp3) is 0.500. The van der Waals surface area contributed by atoms with E-state index in [2.05, 4.69) is 10.2 Å². The first-order valence-corrected chi connectivity index (χ1v) is 13.0. The van der Waals surface area contributed by atoms with Crippen molar-refractivity contribution in [3.8, 4) is 0 Å². The topological polar surface area (TPSA) is 87.9 Å². The molecule has 0 unspecified atom stereocenters. The first-order chi connectivity index (χ1) is 18.1. The monoisotopic (exact) mass is 554 g/mol. The number of benzene rings is 2. The molecule has 0 atom stereocenters. The van der Waals surface area contributed by atoms with E-state index in [0.717, 1.165) is 37.3 Å². The van der Waals surface area contributed by atoms with Crippen molar-refractivity contribution in [2.75, 3.05) is 43.0 Å². The summed E-state index contributed by atoms with van der Waals surface area (Å²) in [6.07, 6.45) is -1.45. The Morgan fingerprint density at radius 3 is 2.42 bits per heavy atom. The molecule has 2 aromatic rings. The summed E-state index contributed by atoms with van der Waals surface area (Å²) in [5.41, 5.74) is -0.968. The lowest BCUT2D eigenvalue weighted by atomic mass is 9.92. The maximum atomic E-state index is 13.2. The van der Waals surface area contributed by atoms with E-state index < -0.39 is 22.4 Å². The van der Waals surface area contributed by atoms with Gasteiger partial charge in [0.1, 0.15) is 12.2 Å². The maximum absolute atomic E-state index is 13.2. The number of anilines is 2. The van der Waals surface area contributed by atoms with Crippen LogP contribution in [0, 0.1) is 10.1 Å². The van der Waals surface area contributed by atoms with Crippen molar-refractivity contribution in [3.63, 3.8) is 0 Å². The normalized spacial score (nSPS) is 20.6. The Morgan fingerprint density at radius 1 is 1.05 bits per heavy atom. The van der Waals surface area contributed by atoms with E-state index in [1.807, 2.05) is 29.2 Å². The molecule has 38 heavy (non-hydrogen) atoms. The van der Waals surface area contributed by atoms with Gasteiger partial charge < -0.3 is 19.9 Å². The molecular weight excluding hydrogens is 525 g/mol. The zero-order chi connectivity index (χ0) is 27.3. The van der Waals surface area contributed by atoms with Crippen molar-refractivity contribution in [2.45, 2.75) is 50.4 Å². The number of carbonyl (C=O) groups excluding carboxylic acids is 1. The highest BCUT2D eigenvalue weighted by Crippen LogP contribution is 2.38. The van der Waals surface area contributed by atoms with Crippen LogP contribution < -0.4 is 10.2 Å². The van der Waals surface area contributed by atoms with Crippen molar-refractivity contribution in [2.24, 2.45) is 0 Å². The van der Waals surface area contributed by atoms with Gasteiger partial charge in [-0.25, -0.2) is 0 Å². The van der Waals surface area contributed by atoms with Crippen molar-refractivity contribution in [1.29, 1.82) is 0 Å². The van der Waals surface area contributed by atoms with Gasteiger partial charge in [0, 0.05) is 54.7 Å². The molecular formula is C26H30ClF3N4O4. The largest absolute Gasteiger partial charge is 0.423 e. The Morgan fingerprint density at radius 2 is 1.76 bits per heavy atom. The van der Waals surface area contributed by atoms with Crippen LogP contribution >= 0.6 is 11.6 Å². The zero-order valence-corrected chi connectivity index (χ0v) is 21.5. The van der Waals surface area contributed by atoms with Crippen LogP contribution in [0.2, 0.25) is 5.02 Å². The van der Waals surface area contributed by atoms with Gasteiger partial charge in [-0.15, -0.1) is 0 Å². The molecule has 1 saturated carbocycles. The molecule has 0 spiro atoms. The summed E-state index contributed by atoms with van der Waals surface area (Å²) in [5, 5.41) is 14.7. The number of rotatable bonds is 7. The van der Waals surface area contributed by atoms with Crippen LogP contribution in [0.5, 0.6) is 0 Å². The summed E-state index contributed by atoms with van der Waals surface area (Å²) in [5.74, 6) is -0.0474. The van der Waals surface area contributed by atoms with Gasteiger partial charge in [0.2, 0.25) is 5.91 Å². The van der Waals surface area contributed by atoms with Crippen LogP contribution in [0.15, 0.2) is 42.5 Å². The molecule has 1 amide bonds. The molecule has 1 aliphatic carbocycles. The molecule has 4 rings (SSSR count). The van der Waals surface area contributed by atoms with Gasteiger partial charge in [-0.05, 0) is 68.5 Å². The summed E-state index contributed by atoms with van der Waals surface area (Å²) >= 11 is 5.98. The third-order valence-corrected chi connectivity index (χ3v) is 7.28. The van der Waals surface area contributed by atoms with Crippen molar-refractivity contribution in [1.82, 2.24) is 4.90 Å². The van der Waals surface area contributed by atoms with Crippen LogP contribution in [-0.2, 0) is 15.7 Å². The van der Waals surface area contributed by atoms with Crippen LogP contribution in [0.4, 0.5) is 30.2 Å². The summed E-state index contributed by atoms with van der Waals surface area (Å²) in [6.45, 7) is 2.85. The molecule has 2 fully saturated rings. The van der Waals surface area contributed by atoms with Gasteiger partial charge in [0.15, 0.2) is 0 Å². The highest BCUT2D eigenvalue weighted by Gasteiger charge is 2.38. The van der Waals surface area contributed by atoms with E-state index in [-0.39, 0.29) is 30.3 Å². The number of hydrogen-bond donors (Lipinski definition) is 1. The van der Waals surface area contributed by atoms with Gasteiger partial charge >= 0.3 is 6.18 Å². The molecule has 1 heterocycles. The second-order valence-corrected chi connectivity index (χ2v) is 10.1. The lowest BCUT2D eigenvalue weighted by Gasteiger charge is -2.30. The molecule has 1 saturated heterocycles. The number of carbonyl (C=O) groups is 1. The van der Waals surface area contributed by atoms with Gasteiger partial charge in [0.25, 0.3) is 5.69 Å². The summed E-state index contributed by atoms with van der Waals surface area (Å²) in [6, 6.07) is 10.5. The van der Waals surface area contributed by atoms with Gasteiger partial charge in [-0.3, -0.25) is 14.9 Å². The number of nitro benzene ring substituents is 1. The maximum Gasteiger partial charge on any atom is 0.423 e. The first-order valence-electron chi connectivity index (χ1n) is 12.6. The molecule has 8 nitrogen and oxygen atoms in total.